The van der Waals surface area contributed by atoms with E-state index in [-0.39, 0.29) is 6.17 Å². The lowest BCUT2D eigenvalue weighted by Gasteiger charge is -2.26. The molecule has 0 aromatic heterocycles. The van der Waals surface area contributed by atoms with Crippen LogP contribution >= 0.6 is 0 Å². The van der Waals surface area contributed by atoms with Gasteiger partial charge in [-0.3, -0.25) is 4.90 Å². The minimum absolute atomic E-state index is 0.149. The first kappa shape index (κ1) is 12.4. The van der Waals surface area contributed by atoms with Crippen molar-refractivity contribution in [3.05, 3.63) is 25.3 Å². The molecular weight excluding hydrogens is 160 g/mol. The van der Waals surface area contributed by atoms with Crippen molar-refractivity contribution in [3.8, 4) is 0 Å². The van der Waals surface area contributed by atoms with Gasteiger partial charge in [0.05, 0.1) is 6.17 Å². The van der Waals surface area contributed by atoms with E-state index in [0.717, 1.165) is 19.5 Å². The molecule has 1 unspecified atom stereocenters. The second-order valence-electron chi connectivity index (χ2n) is 3.24. The van der Waals surface area contributed by atoms with E-state index in [0.29, 0.717) is 0 Å². The molecule has 0 aromatic rings. The SMILES string of the molecule is C=CCN(CC=C)C(N)CCCC. The van der Waals surface area contributed by atoms with E-state index in [4.69, 9.17) is 5.73 Å². The van der Waals surface area contributed by atoms with Gasteiger partial charge in [-0.05, 0) is 6.42 Å². The van der Waals surface area contributed by atoms with Crippen molar-refractivity contribution >= 4 is 0 Å². The van der Waals surface area contributed by atoms with Gasteiger partial charge in [-0.25, -0.2) is 0 Å². The third kappa shape index (κ3) is 5.61. The molecular formula is C11H22N2. The van der Waals surface area contributed by atoms with Crippen LogP contribution in [0.2, 0.25) is 0 Å². The van der Waals surface area contributed by atoms with Crippen molar-refractivity contribution in [2.75, 3.05) is 13.1 Å². The van der Waals surface area contributed by atoms with Gasteiger partial charge in [-0.1, -0.05) is 31.9 Å². The fraction of sp³-hybridized carbons (Fsp3) is 0.636. The zero-order valence-corrected chi connectivity index (χ0v) is 8.71. The van der Waals surface area contributed by atoms with Crippen molar-refractivity contribution in [3.63, 3.8) is 0 Å². The van der Waals surface area contributed by atoms with Crippen LogP contribution in [0.15, 0.2) is 25.3 Å². The summed E-state index contributed by atoms with van der Waals surface area (Å²) in [5.41, 5.74) is 6.01. The van der Waals surface area contributed by atoms with Crippen LogP contribution in [-0.4, -0.2) is 24.2 Å². The Morgan fingerprint density at radius 3 is 2.23 bits per heavy atom. The third-order valence-electron chi connectivity index (χ3n) is 2.05. The van der Waals surface area contributed by atoms with Crippen LogP contribution in [0.4, 0.5) is 0 Å². The Bertz CT molecular complexity index is 133. The van der Waals surface area contributed by atoms with E-state index < -0.39 is 0 Å². The molecule has 13 heavy (non-hydrogen) atoms. The number of nitrogens with two attached hydrogens (primary N) is 1. The van der Waals surface area contributed by atoms with Gasteiger partial charge in [0.15, 0.2) is 0 Å². The number of nitrogens with zero attached hydrogens (tertiary/aromatic N) is 1. The Hall–Kier alpha value is -0.600. The minimum Gasteiger partial charge on any atom is -0.316 e. The largest absolute Gasteiger partial charge is 0.316 e. The summed E-state index contributed by atoms with van der Waals surface area (Å²) in [5.74, 6) is 0. The first-order valence-corrected chi connectivity index (χ1v) is 4.97. The van der Waals surface area contributed by atoms with Gasteiger partial charge in [0.2, 0.25) is 0 Å². The summed E-state index contributed by atoms with van der Waals surface area (Å²) < 4.78 is 0. The van der Waals surface area contributed by atoms with Crippen LogP contribution in [-0.2, 0) is 0 Å². The quantitative estimate of drug-likeness (QED) is 0.460. The van der Waals surface area contributed by atoms with Gasteiger partial charge in [-0.2, -0.15) is 0 Å². The molecule has 2 nitrogen and oxygen atoms in total. The molecule has 0 heterocycles. The zero-order chi connectivity index (χ0) is 10.1. The predicted molar refractivity (Wildman–Crippen MR) is 59.5 cm³/mol. The first-order chi connectivity index (χ1) is 6.26. The molecule has 76 valence electrons. The average Bonchev–Trinajstić information content (AvgIpc) is 2.14. The topological polar surface area (TPSA) is 29.3 Å². The molecule has 0 saturated heterocycles. The molecule has 2 heteroatoms. The number of rotatable bonds is 8. The minimum atomic E-state index is 0.149. The molecule has 0 radical (unpaired) electrons. The number of hydrogen-bond acceptors (Lipinski definition) is 2. The van der Waals surface area contributed by atoms with Crippen molar-refractivity contribution in [1.29, 1.82) is 0 Å². The van der Waals surface area contributed by atoms with Gasteiger partial charge >= 0.3 is 0 Å². The van der Waals surface area contributed by atoms with Gasteiger partial charge in [-0.15, -0.1) is 13.2 Å². The molecule has 2 N–H and O–H groups in total. The lowest BCUT2D eigenvalue weighted by Crippen LogP contribution is -2.42. The summed E-state index contributed by atoms with van der Waals surface area (Å²) >= 11 is 0. The molecule has 0 aliphatic rings. The fourth-order valence-electron chi connectivity index (χ4n) is 1.27. The first-order valence-electron chi connectivity index (χ1n) is 4.97. The van der Waals surface area contributed by atoms with E-state index in [1.54, 1.807) is 0 Å². The highest BCUT2D eigenvalue weighted by Gasteiger charge is 2.09. The van der Waals surface area contributed by atoms with E-state index in [2.05, 4.69) is 25.0 Å². The molecule has 0 saturated carbocycles. The molecule has 0 rings (SSSR count). The molecule has 0 spiro atoms. The summed E-state index contributed by atoms with van der Waals surface area (Å²) in [5, 5.41) is 0. The summed E-state index contributed by atoms with van der Waals surface area (Å²) in [6.45, 7) is 11.3. The molecule has 0 amide bonds. The van der Waals surface area contributed by atoms with Crippen molar-refractivity contribution < 1.29 is 0 Å². The van der Waals surface area contributed by atoms with Gasteiger partial charge in [0.1, 0.15) is 0 Å². The van der Waals surface area contributed by atoms with Crippen molar-refractivity contribution in [1.82, 2.24) is 4.90 Å². The molecule has 0 fully saturated rings. The molecule has 0 aromatic carbocycles. The Morgan fingerprint density at radius 2 is 1.85 bits per heavy atom. The van der Waals surface area contributed by atoms with E-state index in [1.165, 1.54) is 12.8 Å². The van der Waals surface area contributed by atoms with E-state index >= 15 is 0 Å². The van der Waals surface area contributed by atoms with Crippen LogP contribution in [0.1, 0.15) is 26.2 Å². The Kier molecular flexibility index (Phi) is 7.65. The smallest absolute Gasteiger partial charge is 0.0577 e. The van der Waals surface area contributed by atoms with Gasteiger partial charge < -0.3 is 5.73 Å². The van der Waals surface area contributed by atoms with Gasteiger partial charge in [0.25, 0.3) is 0 Å². The Labute approximate surface area is 82.1 Å². The summed E-state index contributed by atoms with van der Waals surface area (Å²) in [6.07, 6.45) is 7.36. The molecule has 0 bridgehead atoms. The van der Waals surface area contributed by atoms with Crippen LogP contribution < -0.4 is 5.73 Å². The summed E-state index contributed by atoms with van der Waals surface area (Å²) in [4.78, 5) is 2.18. The molecule has 0 aliphatic heterocycles. The van der Waals surface area contributed by atoms with Crippen LogP contribution in [0.3, 0.4) is 0 Å². The highest BCUT2D eigenvalue weighted by molar-refractivity contribution is 4.82. The van der Waals surface area contributed by atoms with E-state index in [9.17, 15) is 0 Å². The Balaban J connectivity index is 3.85. The molecule has 1 atom stereocenters. The highest BCUT2D eigenvalue weighted by atomic mass is 15.2. The number of hydrogen-bond donors (Lipinski definition) is 1. The predicted octanol–water partition coefficient (Wildman–Crippen LogP) is 2.14. The second kappa shape index (κ2) is 8.02. The van der Waals surface area contributed by atoms with E-state index in [1.807, 2.05) is 12.2 Å². The normalized spacial score (nSPS) is 12.8. The lowest BCUT2D eigenvalue weighted by molar-refractivity contribution is 0.230. The average molecular weight is 182 g/mol. The maximum absolute atomic E-state index is 6.01. The summed E-state index contributed by atoms with van der Waals surface area (Å²) in [6, 6.07) is 0. The van der Waals surface area contributed by atoms with Crippen molar-refractivity contribution in [2.45, 2.75) is 32.4 Å². The molecule has 0 aliphatic carbocycles. The third-order valence-corrected chi connectivity index (χ3v) is 2.05. The van der Waals surface area contributed by atoms with Crippen LogP contribution in [0.5, 0.6) is 0 Å². The zero-order valence-electron chi connectivity index (χ0n) is 8.71. The van der Waals surface area contributed by atoms with Gasteiger partial charge in [0, 0.05) is 13.1 Å². The standard InChI is InChI=1S/C11H22N2/c1-4-7-8-11(12)13(9-5-2)10-6-3/h5-6,11H,2-4,7-10,12H2,1H3. The number of unbranched alkanes of at least 4 members (excludes halogenated alkanes) is 1. The van der Waals surface area contributed by atoms with Crippen LogP contribution in [0, 0.1) is 0 Å². The van der Waals surface area contributed by atoms with Crippen molar-refractivity contribution in [2.24, 2.45) is 5.73 Å². The lowest BCUT2D eigenvalue weighted by atomic mass is 10.2. The second-order valence-corrected chi connectivity index (χ2v) is 3.24. The summed E-state index contributed by atoms with van der Waals surface area (Å²) in [7, 11) is 0. The highest BCUT2D eigenvalue weighted by Crippen LogP contribution is 2.03. The maximum Gasteiger partial charge on any atom is 0.0577 e. The monoisotopic (exact) mass is 182 g/mol. The maximum atomic E-state index is 6.01. The Morgan fingerprint density at radius 1 is 1.31 bits per heavy atom. The fourth-order valence-corrected chi connectivity index (χ4v) is 1.27. The van der Waals surface area contributed by atoms with Crippen LogP contribution in [0.25, 0.3) is 0 Å².